The Balaban J connectivity index is 2.10. The van der Waals surface area contributed by atoms with Crippen molar-refractivity contribution in [1.82, 2.24) is 0 Å². The van der Waals surface area contributed by atoms with Crippen molar-refractivity contribution in [1.29, 1.82) is 0 Å². The summed E-state index contributed by atoms with van der Waals surface area (Å²) < 4.78 is 0. The third-order valence-corrected chi connectivity index (χ3v) is 3.92. The molecule has 1 aliphatic carbocycles. The Labute approximate surface area is 111 Å². The van der Waals surface area contributed by atoms with Crippen molar-refractivity contribution in [3.8, 4) is 0 Å². The molecule has 0 aromatic heterocycles. The number of carbonyl (C=O) groups is 1. The van der Waals surface area contributed by atoms with Crippen LogP contribution < -0.4 is 0 Å². The van der Waals surface area contributed by atoms with E-state index in [1.165, 1.54) is 12.0 Å². The number of carbonyl (C=O) groups excluding carboxylic acids is 1. The van der Waals surface area contributed by atoms with E-state index >= 15 is 0 Å². The first-order valence-corrected chi connectivity index (χ1v) is 7.19. The molecule has 2 unspecified atom stereocenters. The molecule has 2 atom stereocenters. The summed E-state index contributed by atoms with van der Waals surface area (Å²) in [6, 6.07) is 8.25. The summed E-state index contributed by atoms with van der Waals surface area (Å²) >= 11 is 0. The third-order valence-electron chi connectivity index (χ3n) is 3.92. The Bertz CT molecular complexity index is 419. The Morgan fingerprint density at radius 1 is 1.33 bits per heavy atom. The van der Waals surface area contributed by atoms with Gasteiger partial charge in [-0.25, -0.2) is 0 Å². The highest BCUT2D eigenvalue weighted by Crippen LogP contribution is 2.32. The summed E-state index contributed by atoms with van der Waals surface area (Å²) in [5, 5.41) is 0. The second kappa shape index (κ2) is 5.69. The SMILES string of the molecule is CC(C)Cc1cccc(C(=O)C2CCC(C)C2)c1. The zero-order chi connectivity index (χ0) is 13.1. The number of rotatable bonds is 4. The summed E-state index contributed by atoms with van der Waals surface area (Å²) in [6.45, 7) is 6.68. The molecular weight excluding hydrogens is 220 g/mol. The van der Waals surface area contributed by atoms with E-state index in [1.54, 1.807) is 0 Å². The molecule has 0 heterocycles. The van der Waals surface area contributed by atoms with Crippen molar-refractivity contribution in [3.05, 3.63) is 35.4 Å². The number of hydrogen-bond acceptors (Lipinski definition) is 1. The van der Waals surface area contributed by atoms with E-state index in [9.17, 15) is 4.79 Å². The van der Waals surface area contributed by atoms with E-state index in [1.807, 2.05) is 12.1 Å². The molecule has 0 radical (unpaired) electrons. The van der Waals surface area contributed by atoms with E-state index in [-0.39, 0.29) is 5.92 Å². The zero-order valence-electron chi connectivity index (χ0n) is 11.8. The molecule has 1 nitrogen and oxygen atoms in total. The number of hydrogen-bond donors (Lipinski definition) is 0. The van der Waals surface area contributed by atoms with Gasteiger partial charge in [-0.1, -0.05) is 39.0 Å². The highest BCUT2D eigenvalue weighted by Gasteiger charge is 2.28. The van der Waals surface area contributed by atoms with E-state index < -0.39 is 0 Å². The van der Waals surface area contributed by atoms with Crippen molar-refractivity contribution in [3.63, 3.8) is 0 Å². The summed E-state index contributed by atoms with van der Waals surface area (Å²) in [6.07, 6.45) is 4.42. The molecule has 1 aromatic carbocycles. The molecule has 18 heavy (non-hydrogen) atoms. The first kappa shape index (κ1) is 13.3. The summed E-state index contributed by atoms with van der Waals surface area (Å²) in [5.74, 6) is 2.00. The van der Waals surface area contributed by atoms with Crippen LogP contribution in [0.25, 0.3) is 0 Å². The quantitative estimate of drug-likeness (QED) is 0.712. The second-order valence-corrected chi connectivity index (χ2v) is 6.28. The first-order chi connectivity index (χ1) is 8.56. The van der Waals surface area contributed by atoms with Crippen LogP contribution in [0.3, 0.4) is 0 Å². The third kappa shape index (κ3) is 3.22. The molecule has 0 N–H and O–H groups in total. The Morgan fingerprint density at radius 3 is 2.72 bits per heavy atom. The smallest absolute Gasteiger partial charge is 0.165 e. The molecular formula is C17H24O. The summed E-state index contributed by atoms with van der Waals surface area (Å²) in [7, 11) is 0. The lowest BCUT2D eigenvalue weighted by molar-refractivity contribution is 0.0920. The van der Waals surface area contributed by atoms with Gasteiger partial charge in [-0.3, -0.25) is 4.79 Å². The fourth-order valence-electron chi connectivity index (χ4n) is 3.00. The molecule has 0 bridgehead atoms. The molecule has 0 amide bonds. The van der Waals surface area contributed by atoms with Crippen molar-refractivity contribution >= 4 is 5.78 Å². The largest absolute Gasteiger partial charge is 0.294 e. The number of Topliss-reactive ketones (excluding diaryl/α,β-unsaturated/α-hetero) is 1. The van der Waals surface area contributed by atoms with Gasteiger partial charge in [0.1, 0.15) is 0 Å². The Hall–Kier alpha value is -1.11. The minimum atomic E-state index is 0.272. The second-order valence-electron chi connectivity index (χ2n) is 6.28. The highest BCUT2D eigenvalue weighted by atomic mass is 16.1. The highest BCUT2D eigenvalue weighted by molar-refractivity contribution is 5.98. The number of benzene rings is 1. The summed E-state index contributed by atoms with van der Waals surface area (Å²) in [4.78, 5) is 12.4. The molecule has 0 aliphatic heterocycles. The van der Waals surface area contributed by atoms with Gasteiger partial charge in [0.25, 0.3) is 0 Å². The average Bonchev–Trinajstić information content (AvgIpc) is 2.74. The Kier molecular flexibility index (Phi) is 4.21. The van der Waals surface area contributed by atoms with Crippen LogP contribution in [-0.2, 0) is 6.42 Å². The van der Waals surface area contributed by atoms with Crippen LogP contribution in [0.2, 0.25) is 0 Å². The molecule has 1 saturated carbocycles. The van der Waals surface area contributed by atoms with Crippen LogP contribution in [0.1, 0.15) is 56.0 Å². The zero-order valence-corrected chi connectivity index (χ0v) is 11.8. The number of ketones is 1. The molecule has 1 heteroatoms. The molecule has 98 valence electrons. The minimum Gasteiger partial charge on any atom is -0.294 e. The minimum absolute atomic E-state index is 0.272. The maximum absolute atomic E-state index is 12.4. The predicted molar refractivity (Wildman–Crippen MR) is 75.8 cm³/mol. The maximum Gasteiger partial charge on any atom is 0.165 e. The average molecular weight is 244 g/mol. The fraction of sp³-hybridized carbons (Fsp3) is 0.588. The van der Waals surface area contributed by atoms with Gasteiger partial charge in [0.2, 0.25) is 0 Å². The lowest BCUT2D eigenvalue weighted by Crippen LogP contribution is -2.12. The lowest BCUT2D eigenvalue weighted by atomic mass is 9.93. The van der Waals surface area contributed by atoms with Gasteiger partial charge in [-0.05, 0) is 49.1 Å². The predicted octanol–water partition coefficient (Wildman–Crippen LogP) is 4.50. The molecule has 1 aliphatic rings. The van der Waals surface area contributed by atoms with E-state index in [2.05, 4.69) is 32.9 Å². The van der Waals surface area contributed by atoms with Crippen molar-refractivity contribution in [2.75, 3.05) is 0 Å². The van der Waals surface area contributed by atoms with Crippen molar-refractivity contribution in [2.24, 2.45) is 17.8 Å². The topological polar surface area (TPSA) is 17.1 Å². The monoisotopic (exact) mass is 244 g/mol. The van der Waals surface area contributed by atoms with Crippen LogP contribution in [0.15, 0.2) is 24.3 Å². The van der Waals surface area contributed by atoms with Gasteiger partial charge >= 0.3 is 0 Å². The maximum atomic E-state index is 12.4. The van der Waals surface area contributed by atoms with Gasteiger partial charge in [0.05, 0.1) is 0 Å². The van der Waals surface area contributed by atoms with E-state index in [0.717, 1.165) is 30.7 Å². The molecule has 1 fully saturated rings. The van der Waals surface area contributed by atoms with Gasteiger partial charge in [-0.15, -0.1) is 0 Å². The summed E-state index contributed by atoms with van der Waals surface area (Å²) in [5.41, 5.74) is 2.22. The fourth-order valence-corrected chi connectivity index (χ4v) is 3.00. The van der Waals surface area contributed by atoms with Gasteiger partial charge < -0.3 is 0 Å². The van der Waals surface area contributed by atoms with Crippen LogP contribution in [0, 0.1) is 17.8 Å². The molecule has 1 aromatic rings. The van der Waals surface area contributed by atoms with Crippen LogP contribution in [0.5, 0.6) is 0 Å². The molecule has 0 spiro atoms. The van der Waals surface area contributed by atoms with E-state index in [4.69, 9.17) is 0 Å². The van der Waals surface area contributed by atoms with Crippen molar-refractivity contribution in [2.45, 2.75) is 46.5 Å². The van der Waals surface area contributed by atoms with Gasteiger partial charge in [0, 0.05) is 11.5 Å². The molecule has 2 rings (SSSR count). The normalized spacial score (nSPS) is 23.6. The van der Waals surface area contributed by atoms with E-state index in [0.29, 0.717) is 11.7 Å². The van der Waals surface area contributed by atoms with Crippen LogP contribution in [-0.4, -0.2) is 5.78 Å². The standard InChI is InChI=1S/C17H24O/c1-12(2)9-14-5-4-6-15(11-14)17(18)16-8-7-13(3)10-16/h4-6,11-13,16H,7-10H2,1-3H3. The van der Waals surface area contributed by atoms with Crippen LogP contribution in [0.4, 0.5) is 0 Å². The van der Waals surface area contributed by atoms with Gasteiger partial charge in [-0.2, -0.15) is 0 Å². The Morgan fingerprint density at radius 2 is 2.11 bits per heavy atom. The first-order valence-electron chi connectivity index (χ1n) is 7.19. The van der Waals surface area contributed by atoms with Crippen molar-refractivity contribution < 1.29 is 4.79 Å². The van der Waals surface area contributed by atoms with Gasteiger partial charge in [0.15, 0.2) is 5.78 Å². The van der Waals surface area contributed by atoms with Crippen LogP contribution >= 0.6 is 0 Å². The molecule has 0 saturated heterocycles. The lowest BCUT2D eigenvalue weighted by Gasteiger charge is -2.11.